The fraction of sp³-hybridized carbons (Fsp3) is 0.0938. The summed E-state index contributed by atoms with van der Waals surface area (Å²) in [6, 6.07) is 70.2. The summed E-state index contributed by atoms with van der Waals surface area (Å²) in [6.45, 7) is 4.79. The lowest BCUT2D eigenvalue weighted by Gasteiger charge is -2.48. The Kier molecular flexibility index (Phi) is 9.24. The van der Waals surface area contributed by atoms with Gasteiger partial charge in [-0.1, -0.05) is 147 Å². The van der Waals surface area contributed by atoms with Crippen molar-refractivity contribution in [3.05, 3.63) is 230 Å². The number of hydrogen-bond acceptors (Lipinski definition) is 4. The van der Waals surface area contributed by atoms with Crippen LogP contribution in [0.25, 0.3) is 75.6 Å². The van der Waals surface area contributed by atoms with Crippen molar-refractivity contribution in [2.75, 3.05) is 9.80 Å². The number of allylic oxidation sites excluding steroid dienone is 3. The van der Waals surface area contributed by atoms with E-state index in [-0.39, 0.29) is 10.8 Å². The molecule has 0 radical (unpaired) electrons. The molecule has 2 aliphatic carbocycles. The number of thioether (sulfide) groups is 1. The topological polar surface area (TPSA) is 11.4 Å². The molecular formula is C64H47N3S2. The van der Waals surface area contributed by atoms with Crippen LogP contribution in [0.5, 0.6) is 0 Å². The van der Waals surface area contributed by atoms with E-state index in [0.717, 1.165) is 29.2 Å². The van der Waals surface area contributed by atoms with Gasteiger partial charge in [0, 0.05) is 69.7 Å². The summed E-state index contributed by atoms with van der Waals surface area (Å²) in [6.07, 6.45) is 15.0. The van der Waals surface area contributed by atoms with E-state index >= 15 is 0 Å². The van der Waals surface area contributed by atoms with Gasteiger partial charge >= 0.3 is 0 Å². The van der Waals surface area contributed by atoms with Gasteiger partial charge in [0.25, 0.3) is 0 Å². The van der Waals surface area contributed by atoms with E-state index in [1.807, 2.05) is 23.1 Å². The molecule has 11 aromatic rings. The number of fused-ring (bicyclic) bond motifs is 12. The van der Waals surface area contributed by atoms with Gasteiger partial charge < -0.3 is 14.4 Å². The highest BCUT2D eigenvalue weighted by Gasteiger charge is 2.43. The maximum Gasteiger partial charge on any atom is 0.0708 e. The molecule has 0 saturated carbocycles. The molecule has 3 aliphatic rings. The van der Waals surface area contributed by atoms with Gasteiger partial charge in [-0.15, -0.1) is 23.1 Å². The second-order valence-electron chi connectivity index (χ2n) is 19.0. The molecule has 1 aliphatic heterocycles. The normalized spacial score (nSPS) is 18.3. The van der Waals surface area contributed by atoms with E-state index in [9.17, 15) is 0 Å². The van der Waals surface area contributed by atoms with Crippen LogP contribution in [-0.4, -0.2) is 15.4 Å². The van der Waals surface area contributed by atoms with Crippen molar-refractivity contribution in [3.8, 4) is 16.8 Å². The molecule has 5 heteroatoms. The average Bonchev–Trinajstić information content (AvgIpc) is 3.94. The maximum absolute atomic E-state index is 2.53. The van der Waals surface area contributed by atoms with E-state index in [4.69, 9.17) is 0 Å². The zero-order valence-corrected chi connectivity index (χ0v) is 40.0. The lowest BCUT2D eigenvalue weighted by molar-refractivity contribution is 0.641. The van der Waals surface area contributed by atoms with Gasteiger partial charge in [-0.05, 0) is 132 Å². The molecule has 2 aromatic heterocycles. The quantitative estimate of drug-likeness (QED) is 0.165. The third-order valence-electron chi connectivity index (χ3n) is 14.9. The summed E-state index contributed by atoms with van der Waals surface area (Å²) < 4.78 is 5.11. The Labute approximate surface area is 410 Å². The minimum absolute atomic E-state index is 0.151. The number of nitrogens with zero attached hydrogens (tertiary/aromatic N) is 3. The molecule has 14 rings (SSSR count). The predicted octanol–water partition coefficient (Wildman–Crippen LogP) is 18.5. The van der Waals surface area contributed by atoms with Gasteiger partial charge in [0.05, 0.1) is 27.5 Å². The molecule has 3 nitrogen and oxygen atoms in total. The summed E-state index contributed by atoms with van der Waals surface area (Å²) in [5.74, 6) is 0.393. The number of para-hydroxylation sites is 3. The van der Waals surface area contributed by atoms with Gasteiger partial charge in [0.15, 0.2) is 0 Å². The summed E-state index contributed by atoms with van der Waals surface area (Å²) in [5.41, 5.74) is 14.8. The Morgan fingerprint density at radius 2 is 1.26 bits per heavy atom. The van der Waals surface area contributed by atoms with E-state index in [1.54, 1.807) is 0 Å². The van der Waals surface area contributed by atoms with Gasteiger partial charge in [0.1, 0.15) is 0 Å². The van der Waals surface area contributed by atoms with E-state index in [0.29, 0.717) is 5.92 Å². The van der Waals surface area contributed by atoms with Crippen molar-refractivity contribution >= 4 is 110 Å². The second kappa shape index (κ2) is 15.7. The largest absolute Gasteiger partial charge is 0.332 e. The van der Waals surface area contributed by atoms with Crippen molar-refractivity contribution in [2.24, 2.45) is 0 Å². The standard InChI is InChI=1S/C64H47N3S2/c1-41-19-18-29-51-61(41)53(40-55-49-27-14-15-30-58(49)68-63(51)55)52-39-54-48-34-32-45(37-57(48)67(44-24-10-5-11-25-44)62(54)50-28-13-12-26-47(50)52)65(42-20-6-3-7-21-42)46-33-35-56-59(38-46)69-64(2)36-17-16-31-60(64)66(56)43-22-8-4-9-23-43/h3-18,20-41,60H,19H2,1-2H3. The smallest absolute Gasteiger partial charge is 0.0708 e. The van der Waals surface area contributed by atoms with Crippen molar-refractivity contribution in [2.45, 2.75) is 41.9 Å². The van der Waals surface area contributed by atoms with Crippen LogP contribution in [0, 0.1) is 0 Å². The Balaban J connectivity index is 1.01. The van der Waals surface area contributed by atoms with Crippen LogP contribution in [-0.2, 0) is 0 Å². The molecule has 69 heavy (non-hydrogen) atoms. The molecule has 9 aromatic carbocycles. The van der Waals surface area contributed by atoms with Crippen LogP contribution in [0.3, 0.4) is 0 Å². The first-order chi connectivity index (χ1) is 34.0. The van der Waals surface area contributed by atoms with Crippen molar-refractivity contribution in [1.29, 1.82) is 0 Å². The zero-order valence-electron chi connectivity index (χ0n) is 38.4. The number of rotatable bonds is 6. The van der Waals surface area contributed by atoms with Crippen LogP contribution >= 0.6 is 23.1 Å². The first-order valence-corrected chi connectivity index (χ1v) is 25.7. The van der Waals surface area contributed by atoms with E-state index in [1.165, 1.54) is 91.3 Å². The average molecular weight is 922 g/mol. The molecule has 3 unspecified atom stereocenters. The Bertz CT molecular complexity index is 3960. The maximum atomic E-state index is 2.53. The molecule has 0 N–H and O–H groups in total. The minimum atomic E-state index is -0.151. The summed E-state index contributed by atoms with van der Waals surface area (Å²) in [5, 5.41) is 7.70. The van der Waals surface area contributed by atoms with Crippen molar-refractivity contribution in [1.82, 2.24) is 4.57 Å². The molecule has 0 fully saturated rings. The molecule has 0 amide bonds. The van der Waals surface area contributed by atoms with Crippen LogP contribution in [0.1, 0.15) is 37.3 Å². The minimum Gasteiger partial charge on any atom is -0.332 e. The summed E-state index contributed by atoms with van der Waals surface area (Å²) in [7, 11) is 0. The first-order valence-electron chi connectivity index (χ1n) is 24.1. The van der Waals surface area contributed by atoms with Crippen molar-refractivity contribution < 1.29 is 0 Å². The van der Waals surface area contributed by atoms with Gasteiger partial charge in [0.2, 0.25) is 0 Å². The Morgan fingerprint density at radius 3 is 2.07 bits per heavy atom. The molecule has 3 heterocycles. The lowest BCUT2D eigenvalue weighted by atomic mass is 9.80. The summed E-state index contributed by atoms with van der Waals surface area (Å²) >= 11 is 3.90. The number of anilines is 5. The fourth-order valence-corrected chi connectivity index (χ4v) is 14.4. The van der Waals surface area contributed by atoms with E-state index < -0.39 is 0 Å². The lowest BCUT2D eigenvalue weighted by Crippen LogP contribution is -2.48. The third kappa shape index (κ3) is 6.27. The van der Waals surface area contributed by atoms with Crippen LogP contribution in [0.2, 0.25) is 0 Å². The number of hydrogen-bond donors (Lipinski definition) is 0. The Hall–Kier alpha value is -7.57. The van der Waals surface area contributed by atoms with Gasteiger partial charge in [-0.3, -0.25) is 0 Å². The highest BCUT2D eigenvalue weighted by atomic mass is 32.2. The molecule has 0 saturated heterocycles. The number of thiophene rings is 1. The molecule has 0 spiro atoms. The highest BCUT2D eigenvalue weighted by molar-refractivity contribution is 8.01. The van der Waals surface area contributed by atoms with Crippen LogP contribution in [0.15, 0.2) is 223 Å². The molecule has 3 atom stereocenters. The van der Waals surface area contributed by atoms with Gasteiger partial charge in [-0.2, -0.15) is 0 Å². The molecular weight excluding hydrogens is 875 g/mol. The molecule has 330 valence electrons. The van der Waals surface area contributed by atoms with Crippen LogP contribution < -0.4 is 9.80 Å². The predicted molar refractivity (Wildman–Crippen MR) is 298 cm³/mol. The van der Waals surface area contributed by atoms with E-state index in [2.05, 4.69) is 253 Å². The highest BCUT2D eigenvalue weighted by Crippen LogP contribution is 2.55. The van der Waals surface area contributed by atoms with Gasteiger partial charge in [-0.25, -0.2) is 0 Å². The summed E-state index contributed by atoms with van der Waals surface area (Å²) in [4.78, 5) is 6.23. The zero-order chi connectivity index (χ0) is 45.8. The third-order valence-corrected chi connectivity index (χ3v) is 17.5. The second-order valence-corrected chi connectivity index (χ2v) is 21.6. The monoisotopic (exact) mass is 921 g/mol. The molecule has 0 bridgehead atoms. The Morgan fingerprint density at radius 1 is 0.580 bits per heavy atom. The van der Waals surface area contributed by atoms with Crippen molar-refractivity contribution in [3.63, 3.8) is 0 Å². The number of benzene rings is 9. The SMILES string of the molecule is CC1CC=Cc2c1c(-c1cc3c4ccc(N(c5ccccc5)c5ccc6c(c5)SC5(C)C=CC=CC5N6c5ccccc5)cc4n(-c4ccccc4)c3c3ccccc13)cc1c2sc2ccccc21. The fourth-order valence-electron chi connectivity index (χ4n) is 11.8. The van der Waals surface area contributed by atoms with Crippen LogP contribution in [0.4, 0.5) is 28.4 Å². The first kappa shape index (κ1) is 40.5. The number of aromatic nitrogens is 1.